The predicted molar refractivity (Wildman–Crippen MR) is 70.9 cm³/mol. The summed E-state index contributed by atoms with van der Waals surface area (Å²) in [5.74, 6) is 0. The quantitative estimate of drug-likeness (QED) is 0.606. The van der Waals surface area contributed by atoms with E-state index in [1.807, 2.05) is 6.07 Å². The summed E-state index contributed by atoms with van der Waals surface area (Å²) in [6.07, 6.45) is 2.19. The van der Waals surface area contributed by atoms with Gasteiger partial charge in [0.25, 0.3) is 5.69 Å². The van der Waals surface area contributed by atoms with Gasteiger partial charge >= 0.3 is 0 Å². The first-order chi connectivity index (χ1) is 8.58. The van der Waals surface area contributed by atoms with Crippen molar-refractivity contribution >= 4 is 11.4 Å². The second-order valence-electron chi connectivity index (χ2n) is 4.87. The highest BCUT2D eigenvalue weighted by atomic mass is 16.6. The van der Waals surface area contributed by atoms with E-state index in [4.69, 9.17) is 0 Å². The zero-order valence-corrected chi connectivity index (χ0v) is 10.8. The largest absolute Gasteiger partial charge is 0.371 e. The molecule has 1 aromatic carbocycles. The monoisotopic (exact) mass is 248 g/mol. The first-order valence-electron chi connectivity index (χ1n) is 6.15. The molecule has 0 unspecified atom stereocenters. The minimum Gasteiger partial charge on any atom is -0.371 e. The Kier molecular flexibility index (Phi) is 3.81. The standard InChI is InChI=1S/C13H18N3O2/c1-14(2)11-6-8-15(9-7-11)12-4-3-5-13(10-12)16(17)18/h3-4,10-11H,6-9H2,1-2H3. The van der Waals surface area contributed by atoms with Crippen LogP contribution in [-0.2, 0) is 0 Å². The van der Waals surface area contributed by atoms with Gasteiger partial charge in [-0.3, -0.25) is 10.1 Å². The number of nitro benzene ring substituents is 1. The maximum Gasteiger partial charge on any atom is 0.279 e. The van der Waals surface area contributed by atoms with Crippen LogP contribution in [-0.4, -0.2) is 43.0 Å². The van der Waals surface area contributed by atoms with Gasteiger partial charge in [0.05, 0.1) is 11.0 Å². The Morgan fingerprint density at radius 1 is 1.44 bits per heavy atom. The van der Waals surface area contributed by atoms with Gasteiger partial charge in [0.15, 0.2) is 0 Å². The molecular weight excluding hydrogens is 230 g/mol. The Hall–Kier alpha value is -1.62. The Bertz CT molecular complexity index is 426. The summed E-state index contributed by atoms with van der Waals surface area (Å²) in [4.78, 5) is 14.8. The van der Waals surface area contributed by atoms with Gasteiger partial charge in [-0.15, -0.1) is 0 Å². The number of anilines is 1. The van der Waals surface area contributed by atoms with Crippen LogP contribution in [0, 0.1) is 16.2 Å². The van der Waals surface area contributed by atoms with Gasteiger partial charge in [-0.1, -0.05) is 0 Å². The summed E-state index contributed by atoms with van der Waals surface area (Å²) in [6, 6.07) is 8.39. The fraction of sp³-hybridized carbons (Fsp3) is 0.538. The normalized spacial score (nSPS) is 17.2. The molecule has 2 rings (SSSR count). The Morgan fingerprint density at radius 2 is 2.11 bits per heavy atom. The van der Waals surface area contributed by atoms with Crippen molar-refractivity contribution in [3.05, 3.63) is 34.4 Å². The molecule has 0 aromatic heterocycles. The molecule has 97 valence electrons. The first-order valence-corrected chi connectivity index (χ1v) is 6.15. The highest BCUT2D eigenvalue weighted by Gasteiger charge is 2.21. The molecule has 0 aliphatic carbocycles. The molecule has 1 radical (unpaired) electrons. The van der Waals surface area contributed by atoms with Gasteiger partial charge in [0.1, 0.15) is 0 Å². The van der Waals surface area contributed by atoms with E-state index < -0.39 is 4.92 Å². The van der Waals surface area contributed by atoms with Gasteiger partial charge in [-0.2, -0.15) is 0 Å². The van der Waals surface area contributed by atoms with E-state index in [0.717, 1.165) is 31.6 Å². The molecule has 0 bridgehead atoms. The minimum atomic E-state index is -0.393. The molecule has 0 N–H and O–H groups in total. The van der Waals surface area contributed by atoms with E-state index in [2.05, 4.69) is 30.0 Å². The van der Waals surface area contributed by atoms with Crippen LogP contribution in [0.15, 0.2) is 18.2 Å². The molecule has 1 aromatic rings. The number of benzene rings is 1. The lowest BCUT2D eigenvalue weighted by atomic mass is 10.0. The minimum absolute atomic E-state index is 0.0437. The van der Waals surface area contributed by atoms with Crippen LogP contribution in [0.3, 0.4) is 0 Å². The molecule has 18 heavy (non-hydrogen) atoms. The predicted octanol–water partition coefficient (Wildman–Crippen LogP) is 1.93. The Labute approximate surface area is 107 Å². The average Bonchev–Trinajstić information content (AvgIpc) is 2.39. The number of nitro groups is 1. The molecule has 1 saturated heterocycles. The van der Waals surface area contributed by atoms with Crippen LogP contribution in [0.4, 0.5) is 11.4 Å². The lowest BCUT2D eigenvalue weighted by molar-refractivity contribution is -0.385. The average molecular weight is 248 g/mol. The van der Waals surface area contributed by atoms with Crippen LogP contribution < -0.4 is 4.90 Å². The van der Waals surface area contributed by atoms with Crippen LogP contribution >= 0.6 is 0 Å². The summed E-state index contributed by atoms with van der Waals surface area (Å²) in [6.45, 7) is 1.90. The van der Waals surface area contributed by atoms with Gasteiger partial charge in [0.2, 0.25) is 0 Å². The number of hydrogen-bond donors (Lipinski definition) is 0. The lowest BCUT2D eigenvalue weighted by Gasteiger charge is -2.36. The molecule has 5 heteroatoms. The number of piperidine rings is 1. The van der Waals surface area contributed by atoms with E-state index in [0.29, 0.717) is 6.04 Å². The van der Waals surface area contributed by atoms with Crippen molar-refractivity contribution in [2.75, 3.05) is 32.1 Å². The SMILES string of the molecule is CN(C)C1CCN(c2cc[c]c([N+](=O)[O-])c2)CC1. The second kappa shape index (κ2) is 5.35. The number of non-ortho nitro benzene ring substituents is 1. The van der Waals surface area contributed by atoms with Crippen molar-refractivity contribution in [1.29, 1.82) is 0 Å². The Balaban J connectivity index is 2.05. The van der Waals surface area contributed by atoms with E-state index in [9.17, 15) is 10.1 Å². The zero-order chi connectivity index (χ0) is 13.1. The van der Waals surface area contributed by atoms with Gasteiger partial charge < -0.3 is 9.80 Å². The third-order valence-electron chi connectivity index (χ3n) is 3.53. The van der Waals surface area contributed by atoms with Crippen molar-refractivity contribution in [1.82, 2.24) is 4.90 Å². The second-order valence-corrected chi connectivity index (χ2v) is 4.87. The number of hydrogen-bond acceptors (Lipinski definition) is 4. The van der Waals surface area contributed by atoms with Crippen molar-refractivity contribution in [2.45, 2.75) is 18.9 Å². The molecule has 0 amide bonds. The maximum atomic E-state index is 10.7. The molecule has 0 spiro atoms. The number of nitrogens with zero attached hydrogens (tertiary/aromatic N) is 3. The molecular formula is C13H18N3O2. The summed E-state index contributed by atoms with van der Waals surface area (Å²) < 4.78 is 0. The van der Waals surface area contributed by atoms with Gasteiger partial charge in [-0.05, 0) is 39.1 Å². The van der Waals surface area contributed by atoms with E-state index in [-0.39, 0.29) is 5.69 Å². The van der Waals surface area contributed by atoms with Crippen LogP contribution in [0.5, 0.6) is 0 Å². The lowest BCUT2D eigenvalue weighted by Crippen LogP contribution is -2.41. The van der Waals surface area contributed by atoms with E-state index in [1.54, 1.807) is 12.1 Å². The highest BCUT2D eigenvalue weighted by Crippen LogP contribution is 2.24. The van der Waals surface area contributed by atoms with Gasteiger partial charge in [0, 0.05) is 30.9 Å². The summed E-state index contributed by atoms with van der Waals surface area (Å²) in [5, 5.41) is 10.7. The Morgan fingerprint density at radius 3 is 2.67 bits per heavy atom. The number of rotatable bonds is 3. The smallest absolute Gasteiger partial charge is 0.279 e. The molecule has 1 aliphatic heterocycles. The topological polar surface area (TPSA) is 49.6 Å². The van der Waals surface area contributed by atoms with Gasteiger partial charge in [-0.25, -0.2) is 0 Å². The summed E-state index contributed by atoms with van der Waals surface area (Å²) in [5.41, 5.74) is 0.972. The maximum absolute atomic E-state index is 10.7. The van der Waals surface area contributed by atoms with Crippen molar-refractivity contribution in [3.63, 3.8) is 0 Å². The molecule has 5 nitrogen and oxygen atoms in total. The molecule has 0 atom stereocenters. The highest BCUT2D eigenvalue weighted by molar-refractivity contribution is 5.52. The molecule has 1 aliphatic rings. The van der Waals surface area contributed by atoms with Crippen molar-refractivity contribution in [2.24, 2.45) is 0 Å². The van der Waals surface area contributed by atoms with E-state index in [1.165, 1.54) is 0 Å². The van der Waals surface area contributed by atoms with E-state index >= 15 is 0 Å². The molecule has 1 heterocycles. The fourth-order valence-electron chi connectivity index (χ4n) is 2.38. The van der Waals surface area contributed by atoms with Crippen LogP contribution in [0.1, 0.15) is 12.8 Å². The third kappa shape index (κ3) is 2.79. The third-order valence-corrected chi connectivity index (χ3v) is 3.53. The summed E-state index contributed by atoms with van der Waals surface area (Å²) in [7, 11) is 4.20. The van der Waals surface area contributed by atoms with Crippen LogP contribution in [0.25, 0.3) is 0 Å². The van der Waals surface area contributed by atoms with Crippen molar-refractivity contribution < 1.29 is 4.92 Å². The first kappa shape index (κ1) is 12.8. The van der Waals surface area contributed by atoms with Crippen molar-refractivity contribution in [3.8, 4) is 0 Å². The zero-order valence-electron chi connectivity index (χ0n) is 10.8. The molecule has 0 saturated carbocycles. The molecule has 1 fully saturated rings. The summed E-state index contributed by atoms with van der Waals surface area (Å²) >= 11 is 0. The van der Waals surface area contributed by atoms with Crippen LogP contribution in [0.2, 0.25) is 0 Å². The fourth-order valence-corrected chi connectivity index (χ4v) is 2.38.